The predicted octanol–water partition coefficient (Wildman–Crippen LogP) is 4.16. The Morgan fingerprint density at radius 1 is 1.20 bits per heavy atom. The van der Waals surface area contributed by atoms with Crippen molar-refractivity contribution in [1.29, 1.82) is 0 Å². The summed E-state index contributed by atoms with van der Waals surface area (Å²) in [5, 5.41) is 3.68. The van der Waals surface area contributed by atoms with Gasteiger partial charge < -0.3 is 10.2 Å². The van der Waals surface area contributed by atoms with E-state index in [1.54, 1.807) is 0 Å². The molecule has 0 amide bonds. The number of hydrogen-bond acceptors (Lipinski definition) is 3. The number of aromatic nitrogens is 1. The molecule has 0 radical (unpaired) electrons. The Bertz CT molecular complexity index is 397. The first-order chi connectivity index (χ1) is 9.65. The summed E-state index contributed by atoms with van der Waals surface area (Å²) in [6.07, 6.45) is 5.98. The van der Waals surface area contributed by atoms with Crippen LogP contribution in [0.25, 0.3) is 0 Å². The Kier molecular flexibility index (Phi) is 5.27. The molecule has 0 bridgehead atoms. The SMILES string of the molecule is CCN(CC)c1ccc(NC2CCCC(C)C2C)cn1. The van der Waals surface area contributed by atoms with Crippen molar-refractivity contribution in [2.24, 2.45) is 11.8 Å². The molecule has 3 heteroatoms. The van der Waals surface area contributed by atoms with Crippen molar-refractivity contribution in [2.45, 2.75) is 53.0 Å². The minimum atomic E-state index is 0.597. The molecule has 0 aromatic carbocycles. The quantitative estimate of drug-likeness (QED) is 0.874. The average molecular weight is 275 g/mol. The molecule has 1 aromatic rings. The van der Waals surface area contributed by atoms with Crippen LogP contribution in [0.4, 0.5) is 11.5 Å². The zero-order valence-corrected chi connectivity index (χ0v) is 13.4. The molecule has 3 nitrogen and oxygen atoms in total. The molecule has 1 N–H and O–H groups in total. The van der Waals surface area contributed by atoms with E-state index in [1.165, 1.54) is 19.3 Å². The average Bonchev–Trinajstić information content (AvgIpc) is 2.47. The van der Waals surface area contributed by atoms with Crippen LogP contribution in [0.1, 0.15) is 47.0 Å². The highest BCUT2D eigenvalue weighted by atomic mass is 15.2. The van der Waals surface area contributed by atoms with Gasteiger partial charge in [-0.3, -0.25) is 0 Å². The van der Waals surface area contributed by atoms with E-state index in [4.69, 9.17) is 0 Å². The van der Waals surface area contributed by atoms with E-state index in [1.807, 2.05) is 6.20 Å². The van der Waals surface area contributed by atoms with Crippen molar-refractivity contribution in [2.75, 3.05) is 23.3 Å². The monoisotopic (exact) mass is 275 g/mol. The third-order valence-electron chi connectivity index (χ3n) is 4.89. The van der Waals surface area contributed by atoms with Gasteiger partial charge in [0.1, 0.15) is 5.82 Å². The summed E-state index contributed by atoms with van der Waals surface area (Å²) < 4.78 is 0. The van der Waals surface area contributed by atoms with Crippen LogP contribution in [-0.2, 0) is 0 Å². The van der Waals surface area contributed by atoms with Gasteiger partial charge in [0.15, 0.2) is 0 Å². The molecule has 1 aromatic heterocycles. The Balaban J connectivity index is 2.00. The molecule has 112 valence electrons. The van der Waals surface area contributed by atoms with Crippen molar-refractivity contribution in [3.05, 3.63) is 18.3 Å². The summed E-state index contributed by atoms with van der Waals surface area (Å²) in [4.78, 5) is 6.87. The van der Waals surface area contributed by atoms with Crippen LogP contribution < -0.4 is 10.2 Å². The molecule has 1 heterocycles. The molecule has 1 saturated carbocycles. The third-order valence-corrected chi connectivity index (χ3v) is 4.89. The molecule has 1 aliphatic rings. The summed E-state index contributed by atoms with van der Waals surface area (Å²) in [6.45, 7) is 11.1. The lowest BCUT2D eigenvalue weighted by Crippen LogP contribution is -2.35. The number of rotatable bonds is 5. The zero-order chi connectivity index (χ0) is 14.5. The van der Waals surface area contributed by atoms with E-state index in [0.717, 1.165) is 36.4 Å². The summed E-state index contributed by atoms with van der Waals surface area (Å²) in [5.74, 6) is 2.64. The molecule has 2 rings (SSSR count). The third kappa shape index (κ3) is 3.44. The maximum atomic E-state index is 4.59. The number of pyridine rings is 1. The van der Waals surface area contributed by atoms with Crippen LogP contribution in [0.2, 0.25) is 0 Å². The van der Waals surface area contributed by atoms with Gasteiger partial charge in [-0.25, -0.2) is 4.98 Å². The molecule has 3 atom stereocenters. The second kappa shape index (κ2) is 6.96. The second-order valence-electron chi connectivity index (χ2n) is 6.10. The fourth-order valence-electron chi connectivity index (χ4n) is 3.21. The van der Waals surface area contributed by atoms with E-state index in [9.17, 15) is 0 Å². The normalized spacial score (nSPS) is 26.3. The molecule has 0 aliphatic heterocycles. The maximum Gasteiger partial charge on any atom is 0.128 e. The van der Waals surface area contributed by atoms with Gasteiger partial charge in [-0.15, -0.1) is 0 Å². The van der Waals surface area contributed by atoms with Crippen molar-refractivity contribution < 1.29 is 0 Å². The van der Waals surface area contributed by atoms with Crippen molar-refractivity contribution in [1.82, 2.24) is 4.98 Å². The minimum Gasteiger partial charge on any atom is -0.381 e. The van der Waals surface area contributed by atoms with Crippen molar-refractivity contribution in [3.8, 4) is 0 Å². The molecule has 1 aliphatic carbocycles. The van der Waals surface area contributed by atoms with Gasteiger partial charge in [0.2, 0.25) is 0 Å². The van der Waals surface area contributed by atoms with E-state index in [0.29, 0.717) is 6.04 Å². The number of hydrogen-bond donors (Lipinski definition) is 1. The van der Waals surface area contributed by atoms with Crippen molar-refractivity contribution in [3.63, 3.8) is 0 Å². The van der Waals surface area contributed by atoms with Crippen LogP contribution in [0, 0.1) is 11.8 Å². The molecule has 3 unspecified atom stereocenters. The molecule has 1 fully saturated rings. The van der Waals surface area contributed by atoms with E-state index < -0.39 is 0 Å². The lowest BCUT2D eigenvalue weighted by Gasteiger charge is -2.35. The Morgan fingerprint density at radius 2 is 1.95 bits per heavy atom. The van der Waals surface area contributed by atoms with E-state index in [-0.39, 0.29) is 0 Å². The standard InChI is InChI=1S/C17H29N3/c1-5-20(6-2)17-11-10-15(12-18-17)19-16-9-7-8-13(3)14(16)4/h10-14,16,19H,5-9H2,1-4H3. The minimum absolute atomic E-state index is 0.597. The number of anilines is 2. The maximum absolute atomic E-state index is 4.59. The van der Waals surface area contributed by atoms with Crippen LogP contribution >= 0.6 is 0 Å². The fraction of sp³-hybridized carbons (Fsp3) is 0.706. The van der Waals surface area contributed by atoms with Gasteiger partial charge in [0.25, 0.3) is 0 Å². The lowest BCUT2D eigenvalue weighted by molar-refractivity contribution is 0.253. The summed E-state index contributed by atoms with van der Waals surface area (Å²) in [6, 6.07) is 4.90. The van der Waals surface area contributed by atoms with Crippen LogP contribution in [0.5, 0.6) is 0 Å². The summed E-state index contributed by atoms with van der Waals surface area (Å²) in [7, 11) is 0. The largest absolute Gasteiger partial charge is 0.381 e. The van der Waals surface area contributed by atoms with Gasteiger partial charge in [0, 0.05) is 19.1 Å². The Labute approximate surface area is 123 Å². The molecular formula is C17H29N3. The van der Waals surface area contributed by atoms with Gasteiger partial charge in [-0.2, -0.15) is 0 Å². The highest BCUT2D eigenvalue weighted by molar-refractivity contribution is 5.49. The van der Waals surface area contributed by atoms with Gasteiger partial charge in [-0.05, 0) is 44.2 Å². The highest BCUT2D eigenvalue weighted by Gasteiger charge is 2.26. The Hall–Kier alpha value is -1.25. The number of nitrogens with one attached hydrogen (secondary N) is 1. The molecule has 0 saturated heterocycles. The first kappa shape index (κ1) is 15.1. The van der Waals surface area contributed by atoms with Crippen molar-refractivity contribution >= 4 is 11.5 Å². The molecular weight excluding hydrogens is 246 g/mol. The van der Waals surface area contributed by atoms with Crippen LogP contribution in [-0.4, -0.2) is 24.1 Å². The van der Waals surface area contributed by atoms with Gasteiger partial charge in [-0.1, -0.05) is 26.7 Å². The molecule has 20 heavy (non-hydrogen) atoms. The topological polar surface area (TPSA) is 28.2 Å². The van der Waals surface area contributed by atoms with E-state index >= 15 is 0 Å². The van der Waals surface area contributed by atoms with Gasteiger partial charge in [0.05, 0.1) is 11.9 Å². The van der Waals surface area contributed by atoms with E-state index in [2.05, 4.69) is 55.0 Å². The smallest absolute Gasteiger partial charge is 0.128 e. The van der Waals surface area contributed by atoms with Crippen LogP contribution in [0.3, 0.4) is 0 Å². The summed E-state index contributed by atoms with van der Waals surface area (Å²) in [5.41, 5.74) is 1.16. The summed E-state index contributed by atoms with van der Waals surface area (Å²) >= 11 is 0. The fourth-order valence-corrected chi connectivity index (χ4v) is 3.21. The van der Waals surface area contributed by atoms with Crippen LogP contribution in [0.15, 0.2) is 18.3 Å². The van der Waals surface area contributed by atoms with Gasteiger partial charge >= 0.3 is 0 Å². The second-order valence-corrected chi connectivity index (χ2v) is 6.10. The highest BCUT2D eigenvalue weighted by Crippen LogP contribution is 2.31. The molecule has 0 spiro atoms. The lowest BCUT2D eigenvalue weighted by atomic mass is 9.78. The predicted molar refractivity (Wildman–Crippen MR) is 87.4 cm³/mol. The first-order valence-corrected chi connectivity index (χ1v) is 8.13. The first-order valence-electron chi connectivity index (χ1n) is 8.13. The zero-order valence-electron chi connectivity index (χ0n) is 13.4. The number of nitrogens with zero attached hydrogens (tertiary/aromatic N) is 2. The Morgan fingerprint density at radius 3 is 2.55 bits per heavy atom.